The molecule has 19 heavy (non-hydrogen) atoms. The van der Waals surface area contributed by atoms with E-state index in [2.05, 4.69) is 15.3 Å². The Morgan fingerprint density at radius 2 is 1.84 bits per heavy atom. The maximum Gasteiger partial charge on any atom is 0.213 e. The van der Waals surface area contributed by atoms with Crippen molar-refractivity contribution in [3.63, 3.8) is 0 Å². The molecule has 0 aliphatic heterocycles. The van der Waals surface area contributed by atoms with Crippen LogP contribution in [-0.2, 0) is 13.1 Å². The molecule has 0 aliphatic rings. The first-order valence-electron chi connectivity index (χ1n) is 6.01. The number of methoxy groups -OCH3 is 2. The topological polar surface area (TPSA) is 56.3 Å². The van der Waals surface area contributed by atoms with Gasteiger partial charge in [-0.25, -0.2) is 9.97 Å². The molecule has 0 spiro atoms. The molecule has 0 saturated heterocycles. The lowest BCUT2D eigenvalue weighted by Gasteiger charge is -2.06. The zero-order chi connectivity index (χ0) is 13.5. The molecule has 0 aromatic carbocycles. The van der Waals surface area contributed by atoms with Gasteiger partial charge in [0.25, 0.3) is 0 Å². The van der Waals surface area contributed by atoms with E-state index in [-0.39, 0.29) is 0 Å². The fraction of sp³-hybridized carbons (Fsp3) is 0.286. The van der Waals surface area contributed by atoms with E-state index in [1.54, 1.807) is 20.4 Å². The van der Waals surface area contributed by atoms with Crippen LogP contribution in [0.2, 0.25) is 0 Å². The van der Waals surface area contributed by atoms with Crippen LogP contribution in [0.15, 0.2) is 36.5 Å². The molecule has 5 nitrogen and oxygen atoms in total. The quantitative estimate of drug-likeness (QED) is 0.857. The molecule has 0 aliphatic carbocycles. The van der Waals surface area contributed by atoms with Crippen molar-refractivity contribution in [2.75, 3.05) is 14.2 Å². The van der Waals surface area contributed by atoms with Crippen molar-refractivity contribution in [1.29, 1.82) is 0 Å². The number of pyridine rings is 2. The highest BCUT2D eigenvalue weighted by molar-refractivity contribution is 5.18. The van der Waals surface area contributed by atoms with Gasteiger partial charge in [-0.15, -0.1) is 0 Å². The van der Waals surface area contributed by atoms with Crippen molar-refractivity contribution in [3.05, 3.63) is 47.8 Å². The molecule has 0 unspecified atom stereocenters. The average Bonchev–Trinajstić information content (AvgIpc) is 2.48. The summed E-state index contributed by atoms with van der Waals surface area (Å²) < 4.78 is 10.1. The lowest BCUT2D eigenvalue weighted by atomic mass is 10.2. The molecule has 100 valence electrons. The first-order valence-corrected chi connectivity index (χ1v) is 6.01. The van der Waals surface area contributed by atoms with Gasteiger partial charge in [0.1, 0.15) is 0 Å². The van der Waals surface area contributed by atoms with Gasteiger partial charge in [-0.3, -0.25) is 0 Å². The van der Waals surface area contributed by atoms with Crippen LogP contribution in [0.25, 0.3) is 0 Å². The molecule has 0 saturated carbocycles. The number of aromatic nitrogens is 2. The van der Waals surface area contributed by atoms with E-state index >= 15 is 0 Å². The second-order valence-corrected chi connectivity index (χ2v) is 3.98. The molecular weight excluding hydrogens is 242 g/mol. The van der Waals surface area contributed by atoms with Crippen molar-refractivity contribution in [2.24, 2.45) is 0 Å². The van der Waals surface area contributed by atoms with Crippen LogP contribution in [0.5, 0.6) is 11.8 Å². The highest BCUT2D eigenvalue weighted by Crippen LogP contribution is 2.08. The molecule has 2 rings (SSSR count). The second kappa shape index (κ2) is 6.70. The van der Waals surface area contributed by atoms with E-state index in [1.807, 2.05) is 30.3 Å². The van der Waals surface area contributed by atoms with Gasteiger partial charge in [0, 0.05) is 31.4 Å². The van der Waals surface area contributed by atoms with E-state index in [4.69, 9.17) is 9.47 Å². The molecule has 0 atom stereocenters. The summed E-state index contributed by atoms with van der Waals surface area (Å²) in [6.07, 6.45) is 1.80. The zero-order valence-electron chi connectivity index (χ0n) is 11.1. The maximum atomic E-state index is 5.08. The van der Waals surface area contributed by atoms with E-state index < -0.39 is 0 Å². The van der Waals surface area contributed by atoms with Gasteiger partial charge in [-0.2, -0.15) is 0 Å². The molecule has 2 aromatic rings. The Morgan fingerprint density at radius 3 is 2.53 bits per heavy atom. The van der Waals surface area contributed by atoms with Gasteiger partial charge < -0.3 is 14.8 Å². The summed E-state index contributed by atoms with van der Waals surface area (Å²) >= 11 is 0. The Bertz CT molecular complexity index is 514. The van der Waals surface area contributed by atoms with E-state index in [0.29, 0.717) is 18.3 Å². The summed E-state index contributed by atoms with van der Waals surface area (Å²) in [4.78, 5) is 8.48. The van der Waals surface area contributed by atoms with Crippen molar-refractivity contribution >= 4 is 0 Å². The van der Waals surface area contributed by atoms with Gasteiger partial charge in [-0.1, -0.05) is 12.1 Å². The Labute approximate surface area is 112 Å². The SMILES string of the molecule is COc1ccc(CNCc2cccc(OC)n2)cn1. The fourth-order valence-corrected chi connectivity index (χ4v) is 1.64. The normalized spacial score (nSPS) is 10.2. The van der Waals surface area contributed by atoms with E-state index in [9.17, 15) is 0 Å². The molecule has 0 radical (unpaired) electrons. The predicted octanol–water partition coefficient (Wildman–Crippen LogP) is 1.78. The number of rotatable bonds is 6. The Balaban J connectivity index is 1.85. The average molecular weight is 259 g/mol. The molecule has 0 fully saturated rings. The van der Waals surface area contributed by atoms with Gasteiger partial charge in [0.2, 0.25) is 11.8 Å². The third kappa shape index (κ3) is 3.93. The van der Waals surface area contributed by atoms with Crippen LogP contribution in [0.1, 0.15) is 11.3 Å². The monoisotopic (exact) mass is 259 g/mol. The lowest BCUT2D eigenvalue weighted by Crippen LogP contribution is -2.14. The van der Waals surface area contributed by atoms with Crippen LogP contribution >= 0.6 is 0 Å². The molecule has 1 N–H and O–H groups in total. The lowest BCUT2D eigenvalue weighted by molar-refractivity contribution is 0.395. The first kappa shape index (κ1) is 13.3. The van der Waals surface area contributed by atoms with E-state index in [0.717, 1.165) is 17.8 Å². The molecule has 5 heteroatoms. The first-order chi connectivity index (χ1) is 9.31. The second-order valence-electron chi connectivity index (χ2n) is 3.98. The molecule has 2 aromatic heterocycles. The summed E-state index contributed by atoms with van der Waals surface area (Å²) in [5, 5.41) is 3.31. The van der Waals surface area contributed by atoms with Crippen molar-refractivity contribution in [3.8, 4) is 11.8 Å². The van der Waals surface area contributed by atoms with Gasteiger partial charge in [-0.05, 0) is 11.6 Å². The zero-order valence-corrected chi connectivity index (χ0v) is 11.1. The molecule has 0 bridgehead atoms. The van der Waals surface area contributed by atoms with Gasteiger partial charge >= 0.3 is 0 Å². The smallest absolute Gasteiger partial charge is 0.213 e. The number of hydrogen-bond acceptors (Lipinski definition) is 5. The fourth-order valence-electron chi connectivity index (χ4n) is 1.64. The number of hydrogen-bond donors (Lipinski definition) is 1. The van der Waals surface area contributed by atoms with Crippen molar-refractivity contribution < 1.29 is 9.47 Å². The van der Waals surface area contributed by atoms with Crippen LogP contribution in [0, 0.1) is 0 Å². The molecular formula is C14H17N3O2. The maximum absolute atomic E-state index is 5.08. The predicted molar refractivity (Wildman–Crippen MR) is 72.1 cm³/mol. The highest BCUT2D eigenvalue weighted by Gasteiger charge is 1.99. The Hall–Kier alpha value is -2.14. The third-order valence-corrected chi connectivity index (χ3v) is 2.63. The third-order valence-electron chi connectivity index (χ3n) is 2.63. The largest absolute Gasteiger partial charge is 0.481 e. The van der Waals surface area contributed by atoms with Crippen molar-refractivity contribution in [1.82, 2.24) is 15.3 Å². The summed E-state index contributed by atoms with van der Waals surface area (Å²) in [6.45, 7) is 1.42. The molecule has 2 heterocycles. The summed E-state index contributed by atoms with van der Waals surface area (Å²) in [6, 6.07) is 9.55. The minimum atomic E-state index is 0.623. The van der Waals surface area contributed by atoms with Crippen LogP contribution in [0.4, 0.5) is 0 Å². The summed E-state index contributed by atoms with van der Waals surface area (Å²) in [5.74, 6) is 1.25. The standard InChI is InChI=1S/C14H17N3O2/c1-18-13-7-6-11(9-16-13)8-15-10-12-4-3-5-14(17-12)19-2/h3-7,9,15H,8,10H2,1-2H3. The molecule has 0 amide bonds. The Morgan fingerprint density at radius 1 is 1.00 bits per heavy atom. The van der Waals surface area contributed by atoms with E-state index in [1.165, 1.54) is 0 Å². The van der Waals surface area contributed by atoms with Gasteiger partial charge in [0.15, 0.2) is 0 Å². The minimum Gasteiger partial charge on any atom is -0.481 e. The van der Waals surface area contributed by atoms with Crippen LogP contribution in [0.3, 0.4) is 0 Å². The van der Waals surface area contributed by atoms with Crippen molar-refractivity contribution in [2.45, 2.75) is 13.1 Å². The number of nitrogens with zero attached hydrogens (tertiary/aromatic N) is 2. The number of nitrogens with one attached hydrogen (secondary N) is 1. The minimum absolute atomic E-state index is 0.623. The Kier molecular flexibility index (Phi) is 4.69. The van der Waals surface area contributed by atoms with Crippen LogP contribution < -0.4 is 14.8 Å². The van der Waals surface area contributed by atoms with Gasteiger partial charge in [0.05, 0.1) is 19.9 Å². The van der Waals surface area contributed by atoms with Crippen LogP contribution in [-0.4, -0.2) is 24.2 Å². The summed E-state index contributed by atoms with van der Waals surface area (Å²) in [5.41, 5.74) is 2.05. The highest BCUT2D eigenvalue weighted by atomic mass is 16.5. The number of ether oxygens (including phenoxy) is 2. The summed E-state index contributed by atoms with van der Waals surface area (Å²) in [7, 11) is 3.22.